The number of carbonyl (C=O) groups excluding carboxylic acids is 1. The largest absolute Gasteiger partial charge is 0.320 e. The number of rotatable bonds is 2. The van der Waals surface area contributed by atoms with Crippen LogP contribution in [0, 0.1) is 13.8 Å². The molecule has 1 aromatic carbocycles. The van der Waals surface area contributed by atoms with Gasteiger partial charge in [-0.05, 0) is 26.0 Å². The monoisotopic (exact) mass is 277 g/mol. The first kappa shape index (κ1) is 13.3. The van der Waals surface area contributed by atoms with Crippen LogP contribution >= 0.6 is 11.6 Å². The summed E-state index contributed by atoms with van der Waals surface area (Å²) in [5, 5.41) is 3.00. The standard InChI is InChI=1S/C13H12ClN3O2/c1-7-11(12(18)16-8(2)15-7)13(19)17-10-6-4-3-5-9(10)14/h3-6H,1-2H3,(H,17,19)(H,15,16,18). The molecule has 1 aromatic heterocycles. The molecule has 0 atom stereocenters. The number of benzene rings is 1. The van der Waals surface area contributed by atoms with Crippen molar-refractivity contribution >= 4 is 23.2 Å². The smallest absolute Gasteiger partial charge is 0.264 e. The fourth-order valence-corrected chi connectivity index (χ4v) is 1.92. The normalized spacial score (nSPS) is 10.3. The summed E-state index contributed by atoms with van der Waals surface area (Å²) in [4.78, 5) is 30.4. The van der Waals surface area contributed by atoms with E-state index in [0.717, 1.165) is 0 Å². The fraction of sp³-hybridized carbons (Fsp3) is 0.154. The number of nitrogens with zero attached hydrogens (tertiary/aromatic N) is 1. The van der Waals surface area contributed by atoms with E-state index in [9.17, 15) is 9.59 Å². The Hall–Kier alpha value is -2.14. The van der Waals surface area contributed by atoms with Crippen LogP contribution in [0.4, 0.5) is 5.69 Å². The SMILES string of the molecule is Cc1nc(C)c(C(=O)Nc2ccccc2Cl)c(=O)[nH]1. The molecule has 0 spiro atoms. The summed E-state index contributed by atoms with van der Waals surface area (Å²) in [7, 11) is 0. The van der Waals surface area contributed by atoms with Gasteiger partial charge in [-0.15, -0.1) is 0 Å². The van der Waals surface area contributed by atoms with Crippen LogP contribution in [0.1, 0.15) is 21.9 Å². The predicted molar refractivity (Wildman–Crippen MR) is 73.7 cm³/mol. The van der Waals surface area contributed by atoms with Gasteiger partial charge in [-0.3, -0.25) is 9.59 Å². The molecule has 2 N–H and O–H groups in total. The molecule has 1 amide bonds. The topological polar surface area (TPSA) is 74.8 Å². The molecule has 0 unspecified atom stereocenters. The first-order valence-corrected chi connectivity index (χ1v) is 6.00. The van der Waals surface area contributed by atoms with Crippen LogP contribution in [0.5, 0.6) is 0 Å². The Morgan fingerprint density at radius 1 is 1.32 bits per heavy atom. The molecule has 0 aliphatic heterocycles. The number of anilines is 1. The quantitative estimate of drug-likeness (QED) is 0.884. The number of H-pyrrole nitrogens is 1. The highest BCUT2D eigenvalue weighted by Gasteiger charge is 2.16. The molecule has 0 fully saturated rings. The zero-order valence-electron chi connectivity index (χ0n) is 10.5. The van der Waals surface area contributed by atoms with Crippen molar-refractivity contribution < 1.29 is 4.79 Å². The molecule has 0 aliphatic rings. The Balaban J connectivity index is 2.37. The molecule has 98 valence electrons. The Morgan fingerprint density at radius 3 is 2.63 bits per heavy atom. The first-order valence-electron chi connectivity index (χ1n) is 5.62. The van der Waals surface area contributed by atoms with Crippen LogP contribution < -0.4 is 10.9 Å². The van der Waals surface area contributed by atoms with E-state index >= 15 is 0 Å². The Bertz CT molecular complexity index is 695. The van der Waals surface area contributed by atoms with Gasteiger partial charge in [0.2, 0.25) is 0 Å². The third-order valence-electron chi connectivity index (χ3n) is 2.57. The molecule has 0 saturated carbocycles. The van der Waals surface area contributed by atoms with Gasteiger partial charge in [0, 0.05) is 0 Å². The molecule has 1 heterocycles. The van der Waals surface area contributed by atoms with Gasteiger partial charge in [-0.1, -0.05) is 23.7 Å². The third kappa shape index (κ3) is 2.82. The van der Waals surface area contributed by atoms with Crippen LogP contribution in [0.3, 0.4) is 0 Å². The van der Waals surface area contributed by atoms with Gasteiger partial charge in [-0.2, -0.15) is 0 Å². The summed E-state index contributed by atoms with van der Waals surface area (Å²) in [6.07, 6.45) is 0. The van der Waals surface area contributed by atoms with Gasteiger partial charge in [0.15, 0.2) is 0 Å². The fourth-order valence-electron chi connectivity index (χ4n) is 1.74. The minimum atomic E-state index is -0.528. The summed E-state index contributed by atoms with van der Waals surface area (Å²) in [6.45, 7) is 3.27. The number of aromatic nitrogens is 2. The third-order valence-corrected chi connectivity index (χ3v) is 2.90. The van der Waals surface area contributed by atoms with Crippen molar-refractivity contribution in [2.24, 2.45) is 0 Å². The van der Waals surface area contributed by atoms with E-state index in [1.165, 1.54) is 0 Å². The lowest BCUT2D eigenvalue weighted by Gasteiger charge is -2.08. The van der Waals surface area contributed by atoms with Crippen molar-refractivity contribution in [3.05, 3.63) is 56.7 Å². The lowest BCUT2D eigenvalue weighted by molar-refractivity contribution is 0.102. The Morgan fingerprint density at radius 2 is 2.00 bits per heavy atom. The molecule has 2 rings (SSSR count). The molecule has 5 nitrogen and oxygen atoms in total. The second kappa shape index (κ2) is 5.24. The maximum absolute atomic E-state index is 12.1. The van der Waals surface area contributed by atoms with E-state index in [4.69, 9.17) is 11.6 Å². The van der Waals surface area contributed by atoms with Crippen LogP contribution in [-0.4, -0.2) is 15.9 Å². The molecule has 2 aromatic rings. The van der Waals surface area contributed by atoms with Gasteiger partial charge in [-0.25, -0.2) is 4.98 Å². The zero-order chi connectivity index (χ0) is 14.0. The average Bonchev–Trinajstić information content (AvgIpc) is 2.30. The number of halogens is 1. The van der Waals surface area contributed by atoms with Crippen molar-refractivity contribution in [2.75, 3.05) is 5.32 Å². The van der Waals surface area contributed by atoms with Crippen molar-refractivity contribution in [3.8, 4) is 0 Å². The first-order chi connectivity index (χ1) is 8.99. The Labute approximate surface area is 114 Å². The molecular formula is C13H12ClN3O2. The van der Waals surface area contributed by atoms with E-state index in [1.54, 1.807) is 38.1 Å². The summed E-state index contributed by atoms with van der Waals surface area (Å²) in [6, 6.07) is 6.81. The lowest BCUT2D eigenvalue weighted by Crippen LogP contribution is -2.26. The highest BCUT2D eigenvalue weighted by atomic mass is 35.5. The van der Waals surface area contributed by atoms with Crippen LogP contribution in [-0.2, 0) is 0 Å². The van der Waals surface area contributed by atoms with Crippen molar-refractivity contribution in [1.29, 1.82) is 0 Å². The van der Waals surface area contributed by atoms with Crippen molar-refractivity contribution in [2.45, 2.75) is 13.8 Å². The van der Waals surface area contributed by atoms with E-state index in [-0.39, 0.29) is 5.56 Å². The number of para-hydroxylation sites is 1. The van der Waals surface area contributed by atoms with E-state index in [2.05, 4.69) is 15.3 Å². The summed E-state index contributed by atoms with van der Waals surface area (Å²) in [5.74, 6) is -0.0591. The number of aromatic amines is 1. The van der Waals surface area contributed by atoms with E-state index in [0.29, 0.717) is 22.2 Å². The highest BCUT2D eigenvalue weighted by molar-refractivity contribution is 6.33. The minimum Gasteiger partial charge on any atom is -0.320 e. The van der Waals surface area contributed by atoms with Gasteiger partial charge in [0.05, 0.1) is 16.4 Å². The predicted octanol–water partition coefficient (Wildman–Crippen LogP) is 2.29. The molecule has 0 aliphatic carbocycles. The Kier molecular flexibility index (Phi) is 3.66. The molecule has 0 bridgehead atoms. The van der Waals surface area contributed by atoms with Crippen LogP contribution in [0.15, 0.2) is 29.1 Å². The summed E-state index contributed by atoms with van der Waals surface area (Å²) in [5.41, 5.74) is 0.361. The maximum Gasteiger partial charge on any atom is 0.264 e. The van der Waals surface area contributed by atoms with Crippen molar-refractivity contribution in [3.63, 3.8) is 0 Å². The second-order valence-corrected chi connectivity index (χ2v) is 4.45. The summed E-state index contributed by atoms with van der Waals surface area (Å²) < 4.78 is 0. The molecule has 0 saturated heterocycles. The lowest BCUT2D eigenvalue weighted by atomic mass is 10.2. The number of amides is 1. The minimum absolute atomic E-state index is 0.00878. The van der Waals surface area contributed by atoms with Gasteiger partial charge >= 0.3 is 0 Å². The van der Waals surface area contributed by atoms with E-state index < -0.39 is 11.5 Å². The molecule has 0 radical (unpaired) electrons. The zero-order valence-corrected chi connectivity index (χ0v) is 11.2. The highest BCUT2D eigenvalue weighted by Crippen LogP contribution is 2.20. The number of hydrogen-bond acceptors (Lipinski definition) is 3. The number of hydrogen-bond donors (Lipinski definition) is 2. The second-order valence-electron chi connectivity index (χ2n) is 4.05. The molecular weight excluding hydrogens is 266 g/mol. The summed E-state index contributed by atoms with van der Waals surface area (Å²) >= 11 is 5.94. The number of aryl methyl sites for hydroxylation is 2. The van der Waals surface area contributed by atoms with E-state index in [1.807, 2.05) is 0 Å². The van der Waals surface area contributed by atoms with Crippen LogP contribution in [0.25, 0.3) is 0 Å². The molecule has 19 heavy (non-hydrogen) atoms. The van der Waals surface area contributed by atoms with Gasteiger partial charge < -0.3 is 10.3 Å². The number of carbonyl (C=O) groups is 1. The van der Waals surface area contributed by atoms with Gasteiger partial charge in [0.25, 0.3) is 11.5 Å². The van der Waals surface area contributed by atoms with Crippen molar-refractivity contribution in [1.82, 2.24) is 9.97 Å². The average molecular weight is 278 g/mol. The van der Waals surface area contributed by atoms with Gasteiger partial charge in [0.1, 0.15) is 11.4 Å². The molecule has 6 heteroatoms. The maximum atomic E-state index is 12.1. The van der Waals surface area contributed by atoms with Crippen LogP contribution in [0.2, 0.25) is 5.02 Å². The number of nitrogens with one attached hydrogen (secondary N) is 2.